The van der Waals surface area contributed by atoms with E-state index in [1.807, 2.05) is 24.3 Å². The van der Waals surface area contributed by atoms with Gasteiger partial charge < -0.3 is 14.8 Å². The van der Waals surface area contributed by atoms with Crippen LogP contribution in [0.3, 0.4) is 0 Å². The molecule has 1 aliphatic rings. The Morgan fingerprint density at radius 2 is 1.67 bits per heavy atom. The molecule has 0 bridgehead atoms. The van der Waals surface area contributed by atoms with Crippen molar-refractivity contribution in [2.45, 2.75) is 12.8 Å². The van der Waals surface area contributed by atoms with Crippen LogP contribution >= 0.6 is 0 Å². The second-order valence-corrected chi connectivity index (χ2v) is 6.62. The highest BCUT2D eigenvalue weighted by molar-refractivity contribution is 5.93. The van der Waals surface area contributed by atoms with E-state index in [4.69, 9.17) is 9.47 Å². The standard InChI is InChI=1S/C23H21NO3/c1-26-21-10-7-15(11-22(21)27-2)12-23(25)24-18-8-9-20-17(14-18)13-16-5-3-4-6-19(16)20/h3-11,14H,12-13H2,1-2H3,(H,24,25). The highest BCUT2D eigenvalue weighted by atomic mass is 16.5. The molecule has 0 saturated carbocycles. The Bertz CT molecular complexity index is 1010. The fraction of sp³-hybridized carbons (Fsp3) is 0.174. The number of benzene rings is 3. The predicted octanol–water partition coefficient (Wildman–Crippen LogP) is 4.46. The van der Waals surface area contributed by atoms with Crippen molar-refractivity contribution in [3.8, 4) is 22.6 Å². The van der Waals surface area contributed by atoms with Crippen LogP contribution < -0.4 is 14.8 Å². The summed E-state index contributed by atoms with van der Waals surface area (Å²) in [6, 6.07) is 20.1. The Balaban J connectivity index is 1.47. The lowest BCUT2D eigenvalue weighted by Crippen LogP contribution is -2.14. The largest absolute Gasteiger partial charge is 0.493 e. The van der Waals surface area contributed by atoms with Crippen molar-refractivity contribution in [1.29, 1.82) is 0 Å². The number of carbonyl (C=O) groups is 1. The SMILES string of the molecule is COc1ccc(CC(=O)Nc2ccc3c(c2)Cc2ccccc2-3)cc1OC. The molecular weight excluding hydrogens is 338 g/mol. The highest BCUT2D eigenvalue weighted by Gasteiger charge is 2.18. The Morgan fingerprint density at radius 3 is 2.48 bits per heavy atom. The van der Waals surface area contributed by atoms with Gasteiger partial charge in [-0.15, -0.1) is 0 Å². The lowest BCUT2D eigenvalue weighted by molar-refractivity contribution is -0.115. The molecule has 3 aromatic rings. The van der Waals surface area contributed by atoms with Crippen LogP contribution in [0.15, 0.2) is 60.7 Å². The van der Waals surface area contributed by atoms with E-state index < -0.39 is 0 Å². The summed E-state index contributed by atoms with van der Waals surface area (Å²) in [5.74, 6) is 1.22. The van der Waals surface area contributed by atoms with Gasteiger partial charge in [0.2, 0.25) is 5.91 Å². The van der Waals surface area contributed by atoms with Crippen LogP contribution in [0.5, 0.6) is 11.5 Å². The van der Waals surface area contributed by atoms with E-state index in [2.05, 4.69) is 41.7 Å². The summed E-state index contributed by atoms with van der Waals surface area (Å²) >= 11 is 0. The van der Waals surface area contributed by atoms with Gasteiger partial charge in [0.05, 0.1) is 20.6 Å². The molecule has 0 atom stereocenters. The van der Waals surface area contributed by atoms with E-state index in [1.165, 1.54) is 22.3 Å². The summed E-state index contributed by atoms with van der Waals surface area (Å²) < 4.78 is 10.5. The molecule has 3 aromatic carbocycles. The molecule has 27 heavy (non-hydrogen) atoms. The summed E-state index contributed by atoms with van der Waals surface area (Å²) in [4.78, 5) is 12.5. The number of carbonyl (C=O) groups excluding carboxylic acids is 1. The molecule has 0 saturated heterocycles. The van der Waals surface area contributed by atoms with Crippen LogP contribution in [0.1, 0.15) is 16.7 Å². The molecule has 0 unspecified atom stereocenters. The van der Waals surface area contributed by atoms with Crippen molar-refractivity contribution in [2.75, 3.05) is 19.5 Å². The third-order valence-corrected chi connectivity index (χ3v) is 4.89. The van der Waals surface area contributed by atoms with Crippen molar-refractivity contribution in [1.82, 2.24) is 0 Å². The average Bonchev–Trinajstić information content (AvgIpc) is 3.05. The van der Waals surface area contributed by atoms with Crippen molar-refractivity contribution < 1.29 is 14.3 Å². The first-order valence-electron chi connectivity index (χ1n) is 8.90. The highest BCUT2D eigenvalue weighted by Crippen LogP contribution is 2.37. The Hall–Kier alpha value is -3.27. The number of hydrogen-bond donors (Lipinski definition) is 1. The number of ether oxygens (including phenoxy) is 2. The molecular formula is C23H21NO3. The minimum absolute atomic E-state index is 0.0577. The average molecular weight is 359 g/mol. The Morgan fingerprint density at radius 1 is 0.889 bits per heavy atom. The number of rotatable bonds is 5. The van der Waals surface area contributed by atoms with Crippen LogP contribution in [-0.4, -0.2) is 20.1 Å². The van der Waals surface area contributed by atoms with Crippen LogP contribution in [0.2, 0.25) is 0 Å². The van der Waals surface area contributed by atoms with Crippen LogP contribution in [0, 0.1) is 0 Å². The summed E-state index contributed by atoms with van der Waals surface area (Å²) in [6.45, 7) is 0. The van der Waals surface area contributed by atoms with E-state index in [0.29, 0.717) is 11.5 Å². The molecule has 1 amide bonds. The van der Waals surface area contributed by atoms with Gasteiger partial charge in [-0.1, -0.05) is 36.4 Å². The third-order valence-electron chi connectivity index (χ3n) is 4.89. The number of anilines is 1. The van der Waals surface area contributed by atoms with E-state index in [9.17, 15) is 4.79 Å². The smallest absolute Gasteiger partial charge is 0.228 e. The van der Waals surface area contributed by atoms with Gasteiger partial charge in [0.1, 0.15) is 0 Å². The molecule has 4 nitrogen and oxygen atoms in total. The second-order valence-electron chi connectivity index (χ2n) is 6.62. The van der Waals surface area contributed by atoms with Crippen LogP contribution in [0.25, 0.3) is 11.1 Å². The van der Waals surface area contributed by atoms with Gasteiger partial charge in [-0.2, -0.15) is 0 Å². The summed E-state index contributed by atoms with van der Waals surface area (Å²) in [7, 11) is 3.18. The predicted molar refractivity (Wildman–Crippen MR) is 107 cm³/mol. The second kappa shape index (κ2) is 7.16. The molecule has 0 heterocycles. The van der Waals surface area contributed by atoms with E-state index in [0.717, 1.165) is 17.7 Å². The van der Waals surface area contributed by atoms with Gasteiger partial charge in [0.25, 0.3) is 0 Å². The van der Waals surface area contributed by atoms with Crippen LogP contribution in [-0.2, 0) is 17.6 Å². The monoisotopic (exact) mass is 359 g/mol. The lowest BCUT2D eigenvalue weighted by atomic mass is 10.1. The first-order valence-corrected chi connectivity index (χ1v) is 8.90. The van der Waals surface area contributed by atoms with Gasteiger partial charge >= 0.3 is 0 Å². The van der Waals surface area contributed by atoms with E-state index in [-0.39, 0.29) is 12.3 Å². The van der Waals surface area contributed by atoms with Gasteiger partial charge in [0.15, 0.2) is 11.5 Å². The molecule has 4 rings (SSSR count). The van der Waals surface area contributed by atoms with Gasteiger partial charge in [-0.25, -0.2) is 0 Å². The number of amides is 1. The maximum Gasteiger partial charge on any atom is 0.228 e. The first kappa shape index (κ1) is 17.2. The summed E-state index contributed by atoms with van der Waals surface area (Å²) in [5, 5.41) is 3.00. The first-order chi connectivity index (χ1) is 13.2. The lowest BCUT2D eigenvalue weighted by Gasteiger charge is -2.10. The molecule has 136 valence electrons. The quantitative estimate of drug-likeness (QED) is 0.572. The van der Waals surface area contributed by atoms with Gasteiger partial charge in [0, 0.05) is 5.69 Å². The van der Waals surface area contributed by atoms with E-state index >= 15 is 0 Å². The minimum atomic E-state index is -0.0577. The van der Waals surface area contributed by atoms with Crippen LogP contribution in [0.4, 0.5) is 5.69 Å². The molecule has 1 aliphatic carbocycles. The molecule has 0 fully saturated rings. The topological polar surface area (TPSA) is 47.6 Å². The molecule has 0 aliphatic heterocycles. The normalized spacial score (nSPS) is 11.5. The van der Waals surface area contributed by atoms with Crippen molar-refractivity contribution in [3.63, 3.8) is 0 Å². The molecule has 0 spiro atoms. The van der Waals surface area contributed by atoms with Gasteiger partial charge in [-0.05, 0) is 58.5 Å². The third kappa shape index (κ3) is 3.38. The fourth-order valence-electron chi connectivity index (χ4n) is 3.60. The van der Waals surface area contributed by atoms with Crippen molar-refractivity contribution in [2.24, 2.45) is 0 Å². The molecule has 0 radical (unpaired) electrons. The van der Waals surface area contributed by atoms with Gasteiger partial charge in [-0.3, -0.25) is 4.79 Å². The molecule has 1 N–H and O–H groups in total. The zero-order valence-electron chi connectivity index (χ0n) is 15.4. The number of methoxy groups -OCH3 is 2. The van der Waals surface area contributed by atoms with Crippen molar-refractivity contribution in [3.05, 3.63) is 77.4 Å². The maximum absolute atomic E-state index is 12.5. The minimum Gasteiger partial charge on any atom is -0.493 e. The molecule has 0 aromatic heterocycles. The molecule has 4 heteroatoms. The fourth-order valence-corrected chi connectivity index (χ4v) is 3.60. The Kier molecular flexibility index (Phi) is 4.55. The number of nitrogens with one attached hydrogen (secondary N) is 1. The zero-order valence-corrected chi connectivity index (χ0v) is 15.4. The Labute approximate surface area is 158 Å². The number of hydrogen-bond acceptors (Lipinski definition) is 3. The maximum atomic E-state index is 12.5. The van der Waals surface area contributed by atoms with E-state index in [1.54, 1.807) is 14.2 Å². The zero-order chi connectivity index (χ0) is 18.8. The van der Waals surface area contributed by atoms with Crippen molar-refractivity contribution >= 4 is 11.6 Å². The number of fused-ring (bicyclic) bond motifs is 3. The summed E-state index contributed by atoms with van der Waals surface area (Å²) in [6.07, 6.45) is 1.18. The summed E-state index contributed by atoms with van der Waals surface area (Å²) in [5.41, 5.74) is 6.83.